The van der Waals surface area contributed by atoms with Crippen LogP contribution in [0.3, 0.4) is 0 Å². The van der Waals surface area contributed by atoms with E-state index in [0.29, 0.717) is 28.6 Å². The Labute approximate surface area is 217 Å². The van der Waals surface area contributed by atoms with E-state index < -0.39 is 0 Å². The zero-order valence-corrected chi connectivity index (χ0v) is 23.9. The highest BCUT2D eigenvalue weighted by Gasteiger charge is 2.25. The molecule has 0 saturated carbocycles. The highest BCUT2D eigenvalue weighted by atomic mass is 32.1. The third kappa shape index (κ3) is 5.96. The van der Waals surface area contributed by atoms with Crippen LogP contribution in [0.5, 0.6) is 0 Å². The van der Waals surface area contributed by atoms with Gasteiger partial charge in [0.15, 0.2) is 15.1 Å². The lowest BCUT2D eigenvalue weighted by atomic mass is 9.90. The quantitative estimate of drug-likeness (QED) is 0.284. The molecule has 3 aromatic rings. The third-order valence-corrected chi connectivity index (χ3v) is 7.71. The zero-order chi connectivity index (χ0) is 25.9. The topological polar surface area (TPSA) is 77.5 Å². The van der Waals surface area contributed by atoms with Crippen molar-refractivity contribution in [3.05, 3.63) is 41.1 Å². The molecule has 1 atom stereocenters. The van der Waals surface area contributed by atoms with Crippen LogP contribution in [0, 0.1) is 11.3 Å². The van der Waals surface area contributed by atoms with Gasteiger partial charge < -0.3 is 4.90 Å². The van der Waals surface area contributed by atoms with Crippen molar-refractivity contribution >= 4 is 38.0 Å². The Balaban J connectivity index is 2.10. The van der Waals surface area contributed by atoms with Gasteiger partial charge in [0.2, 0.25) is 0 Å². The molecule has 186 valence electrons. The normalized spacial score (nSPS) is 13.1. The van der Waals surface area contributed by atoms with Crippen LogP contribution in [0.25, 0.3) is 11.3 Å². The molecule has 35 heavy (non-hydrogen) atoms. The summed E-state index contributed by atoms with van der Waals surface area (Å²) in [6.07, 6.45) is 1.10. The summed E-state index contributed by atoms with van der Waals surface area (Å²) in [7, 11) is 0. The summed E-state index contributed by atoms with van der Waals surface area (Å²) in [5.74, 6) is 0.513. The predicted octanol–water partition coefficient (Wildman–Crippen LogP) is 8.99. The monoisotopic (exact) mass is 508 g/mol. The van der Waals surface area contributed by atoms with Gasteiger partial charge in [0, 0.05) is 23.1 Å². The Morgan fingerprint density at radius 2 is 1.60 bits per heavy atom. The molecule has 1 unspecified atom stereocenters. The average Bonchev–Trinajstić information content (AvgIpc) is 3.40. The van der Waals surface area contributed by atoms with Crippen LogP contribution in [0.15, 0.2) is 34.5 Å². The van der Waals surface area contributed by atoms with Crippen LogP contribution in [0.2, 0.25) is 0 Å². The van der Waals surface area contributed by atoms with E-state index in [9.17, 15) is 5.26 Å². The first-order chi connectivity index (χ1) is 16.5. The molecule has 0 bridgehead atoms. The maximum Gasteiger partial charge on any atom is 0.188 e. The number of benzene rings is 1. The first kappa shape index (κ1) is 27.0. The van der Waals surface area contributed by atoms with E-state index in [2.05, 4.69) is 91.4 Å². The van der Waals surface area contributed by atoms with Gasteiger partial charge in [-0.25, -0.2) is 4.98 Å². The molecule has 6 nitrogen and oxygen atoms in total. The maximum absolute atomic E-state index is 9.77. The smallest absolute Gasteiger partial charge is 0.188 e. The standard InChI is InChI=1S/C27H36N6S2/c1-10-18(6)19-11-13-20(14-12-19)22-25(34-26(29-22)33(16(2)3)17(4)5)31-30-24-21(15-28)23(32-35-24)27(7,8)9/h11-14,16-18H,10H2,1-9H3. The molecule has 3 rings (SSSR count). The molecular formula is C27H36N6S2. The number of rotatable bonds is 8. The van der Waals surface area contributed by atoms with Crippen LogP contribution in [0.4, 0.5) is 15.1 Å². The predicted molar refractivity (Wildman–Crippen MR) is 149 cm³/mol. The number of nitriles is 1. The van der Waals surface area contributed by atoms with E-state index >= 15 is 0 Å². The molecule has 2 aromatic heterocycles. The molecule has 8 heteroatoms. The maximum atomic E-state index is 9.77. The molecule has 1 aromatic carbocycles. The fraction of sp³-hybridized carbons (Fsp3) is 0.519. The second-order valence-electron chi connectivity index (χ2n) is 10.4. The summed E-state index contributed by atoms with van der Waals surface area (Å²) in [5.41, 5.74) is 4.18. The number of hydrogen-bond acceptors (Lipinski definition) is 8. The van der Waals surface area contributed by atoms with Gasteiger partial charge >= 0.3 is 0 Å². The summed E-state index contributed by atoms with van der Waals surface area (Å²) in [4.78, 5) is 7.33. The van der Waals surface area contributed by atoms with E-state index in [0.717, 1.165) is 33.5 Å². The lowest BCUT2D eigenvalue weighted by Crippen LogP contribution is -2.36. The molecular weight excluding hydrogens is 472 g/mol. The van der Waals surface area contributed by atoms with Crippen LogP contribution in [-0.4, -0.2) is 21.4 Å². The van der Waals surface area contributed by atoms with Gasteiger partial charge in [0.05, 0.1) is 5.69 Å². The summed E-state index contributed by atoms with van der Waals surface area (Å²) < 4.78 is 4.51. The van der Waals surface area contributed by atoms with Crippen molar-refractivity contribution < 1.29 is 0 Å². The van der Waals surface area contributed by atoms with E-state index in [1.807, 2.05) is 20.8 Å². The molecule has 0 N–H and O–H groups in total. The minimum absolute atomic E-state index is 0.232. The second-order valence-corrected chi connectivity index (χ2v) is 12.2. The van der Waals surface area contributed by atoms with E-state index in [1.54, 1.807) is 0 Å². The number of anilines is 1. The molecule has 0 saturated heterocycles. The van der Waals surface area contributed by atoms with Crippen LogP contribution in [0.1, 0.15) is 91.5 Å². The minimum Gasteiger partial charge on any atom is -0.343 e. The Kier molecular flexibility index (Phi) is 8.45. The van der Waals surface area contributed by atoms with Gasteiger partial charge in [0.1, 0.15) is 17.3 Å². The molecule has 2 heterocycles. The minimum atomic E-state index is -0.232. The largest absolute Gasteiger partial charge is 0.343 e. The van der Waals surface area contributed by atoms with Crippen molar-refractivity contribution in [3.63, 3.8) is 0 Å². The number of hydrogen-bond donors (Lipinski definition) is 0. The number of thiazole rings is 1. The first-order valence-electron chi connectivity index (χ1n) is 12.2. The lowest BCUT2D eigenvalue weighted by molar-refractivity contribution is 0.574. The SMILES string of the molecule is CCC(C)c1ccc(-c2nc(N(C(C)C)C(C)C)sc2N=Nc2snc(C(C)(C)C)c2C#N)cc1. The summed E-state index contributed by atoms with van der Waals surface area (Å²) in [6, 6.07) is 11.5. The van der Waals surface area contributed by atoms with Crippen molar-refractivity contribution in [2.75, 3.05) is 4.90 Å². The van der Waals surface area contributed by atoms with Crippen molar-refractivity contribution in [2.45, 2.75) is 92.2 Å². The highest BCUT2D eigenvalue weighted by Crippen LogP contribution is 2.43. The Bertz CT molecular complexity index is 1200. The second kappa shape index (κ2) is 11.0. The number of nitrogens with zero attached hydrogens (tertiary/aromatic N) is 6. The van der Waals surface area contributed by atoms with Gasteiger partial charge in [-0.2, -0.15) is 9.64 Å². The summed E-state index contributed by atoms with van der Waals surface area (Å²) in [5, 5.41) is 21.1. The van der Waals surface area contributed by atoms with E-state index in [4.69, 9.17) is 4.98 Å². The van der Waals surface area contributed by atoms with Crippen LogP contribution < -0.4 is 4.90 Å². The fourth-order valence-corrected chi connectivity index (χ4v) is 6.00. The zero-order valence-electron chi connectivity index (χ0n) is 22.2. The Morgan fingerprint density at radius 3 is 2.11 bits per heavy atom. The van der Waals surface area contributed by atoms with Gasteiger partial charge in [-0.1, -0.05) is 70.2 Å². The molecule has 0 spiro atoms. The van der Waals surface area contributed by atoms with Crippen molar-refractivity contribution in [2.24, 2.45) is 10.2 Å². The first-order valence-corrected chi connectivity index (χ1v) is 13.8. The van der Waals surface area contributed by atoms with Gasteiger partial charge in [-0.3, -0.25) is 0 Å². The fourth-order valence-electron chi connectivity index (χ4n) is 3.96. The summed E-state index contributed by atoms with van der Waals surface area (Å²) >= 11 is 2.75. The van der Waals surface area contributed by atoms with Gasteiger partial charge in [-0.15, -0.1) is 10.2 Å². The number of aromatic nitrogens is 2. The van der Waals surface area contributed by atoms with Crippen LogP contribution in [-0.2, 0) is 5.41 Å². The van der Waals surface area contributed by atoms with Crippen molar-refractivity contribution in [1.82, 2.24) is 9.36 Å². The summed E-state index contributed by atoms with van der Waals surface area (Å²) in [6.45, 7) is 19.3. The third-order valence-electron chi connectivity index (χ3n) is 6.03. The van der Waals surface area contributed by atoms with Crippen molar-refractivity contribution in [1.29, 1.82) is 5.26 Å². The average molecular weight is 509 g/mol. The Morgan fingerprint density at radius 1 is 1.00 bits per heavy atom. The Hall–Kier alpha value is -2.63. The van der Waals surface area contributed by atoms with E-state index in [-0.39, 0.29) is 5.41 Å². The molecule has 0 radical (unpaired) electrons. The van der Waals surface area contributed by atoms with Gasteiger partial charge in [-0.05, 0) is 57.1 Å². The van der Waals surface area contributed by atoms with Gasteiger partial charge in [0.25, 0.3) is 0 Å². The molecule has 0 aliphatic carbocycles. The molecule has 0 amide bonds. The van der Waals surface area contributed by atoms with Crippen LogP contribution >= 0.6 is 22.9 Å². The van der Waals surface area contributed by atoms with E-state index in [1.165, 1.54) is 28.4 Å². The molecule has 0 aliphatic rings. The van der Waals surface area contributed by atoms with Crippen molar-refractivity contribution in [3.8, 4) is 17.3 Å². The highest BCUT2D eigenvalue weighted by molar-refractivity contribution is 7.19. The number of azo groups is 1. The molecule has 0 fully saturated rings. The molecule has 0 aliphatic heterocycles. The lowest BCUT2D eigenvalue weighted by Gasteiger charge is -2.30.